The normalized spacial score (nSPS) is 19.8. The van der Waals surface area contributed by atoms with Gasteiger partial charge in [0.15, 0.2) is 0 Å². The van der Waals surface area contributed by atoms with E-state index in [1.807, 2.05) is 0 Å². The standard InChI is InChI=1S/C16H26N2O2S/c1-3-5-13-14(10-16(19)20)21-15(17-13)7-9-18-8-4-6-12(2)11-18/h12H,3-11H2,1-2H3,(H,19,20). The molecule has 0 bridgehead atoms. The fourth-order valence-corrected chi connectivity index (χ4v) is 4.09. The van der Waals surface area contributed by atoms with Crippen LogP contribution in [0.5, 0.6) is 0 Å². The highest BCUT2D eigenvalue weighted by molar-refractivity contribution is 7.11. The number of thiazole rings is 1. The molecule has 1 fully saturated rings. The highest BCUT2D eigenvalue weighted by atomic mass is 32.1. The molecule has 0 aromatic carbocycles. The summed E-state index contributed by atoms with van der Waals surface area (Å²) in [5.74, 6) is 0.0423. The van der Waals surface area contributed by atoms with E-state index in [0.29, 0.717) is 0 Å². The summed E-state index contributed by atoms with van der Waals surface area (Å²) in [6.45, 7) is 7.86. The summed E-state index contributed by atoms with van der Waals surface area (Å²) in [6, 6.07) is 0. The molecule has 1 aromatic rings. The van der Waals surface area contributed by atoms with E-state index in [1.165, 1.54) is 25.9 Å². The predicted octanol–water partition coefficient (Wildman–Crippen LogP) is 3.00. The van der Waals surface area contributed by atoms with Gasteiger partial charge in [-0.3, -0.25) is 4.79 Å². The fourth-order valence-electron chi connectivity index (χ4n) is 2.99. The second kappa shape index (κ2) is 7.90. The predicted molar refractivity (Wildman–Crippen MR) is 86.0 cm³/mol. The van der Waals surface area contributed by atoms with E-state index in [4.69, 9.17) is 5.11 Å². The van der Waals surface area contributed by atoms with Crippen LogP contribution in [0.3, 0.4) is 0 Å². The zero-order valence-electron chi connectivity index (χ0n) is 13.1. The molecule has 1 aromatic heterocycles. The highest BCUT2D eigenvalue weighted by Gasteiger charge is 2.18. The molecule has 1 aliphatic heterocycles. The number of carboxylic acids is 1. The average molecular weight is 310 g/mol. The lowest BCUT2D eigenvalue weighted by Gasteiger charge is -2.30. The van der Waals surface area contributed by atoms with E-state index < -0.39 is 5.97 Å². The van der Waals surface area contributed by atoms with Crippen LogP contribution in [-0.4, -0.2) is 40.6 Å². The third kappa shape index (κ3) is 5.08. The molecule has 0 radical (unpaired) electrons. The molecule has 1 unspecified atom stereocenters. The van der Waals surface area contributed by atoms with Crippen molar-refractivity contribution in [3.8, 4) is 0 Å². The van der Waals surface area contributed by atoms with E-state index in [0.717, 1.165) is 47.3 Å². The van der Waals surface area contributed by atoms with Gasteiger partial charge in [-0.1, -0.05) is 20.3 Å². The Labute approximate surface area is 131 Å². The lowest BCUT2D eigenvalue weighted by molar-refractivity contribution is -0.136. The van der Waals surface area contributed by atoms with Crippen molar-refractivity contribution >= 4 is 17.3 Å². The molecule has 0 spiro atoms. The van der Waals surface area contributed by atoms with Gasteiger partial charge in [0, 0.05) is 24.4 Å². The zero-order valence-corrected chi connectivity index (χ0v) is 13.9. The lowest BCUT2D eigenvalue weighted by atomic mass is 10.0. The van der Waals surface area contributed by atoms with Crippen LogP contribution in [0.4, 0.5) is 0 Å². The van der Waals surface area contributed by atoms with Gasteiger partial charge < -0.3 is 10.0 Å². The summed E-state index contributed by atoms with van der Waals surface area (Å²) in [5, 5.41) is 10.1. The number of aliphatic carboxylic acids is 1. The van der Waals surface area contributed by atoms with Crippen LogP contribution in [0, 0.1) is 5.92 Å². The molecule has 1 atom stereocenters. The summed E-state index contributed by atoms with van der Waals surface area (Å²) in [6.07, 6.45) is 5.61. The van der Waals surface area contributed by atoms with Crippen molar-refractivity contribution in [1.29, 1.82) is 0 Å². The molecule has 2 rings (SSSR count). The van der Waals surface area contributed by atoms with E-state index >= 15 is 0 Å². The highest BCUT2D eigenvalue weighted by Crippen LogP contribution is 2.22. The number of hydrogen-bond acceptors (Lipinski definition) is 4. The third-order valence-electron chi connectivity index (χ3n) is 4.00. The van der Waals surface area contributed by atoms with Crippen LogP contribution >= 0.6 is 11.3 Å². The summed E-state index contributed by atoms with van der Waals surface area (Å²) in [5.41, 5.74) is 1.01. The quantitative estimate of drug-likeness (QED) is 0.841. The van der Waals surface area contributed by atoms with Gasteiger partial charge in [0.25, 0.3) is 0 Å². The Morgan fingerprint density at radius 1 is 1.48 bits per heavy atom. The molecule has 5 heteroatoms. The maximum atomic E-state index is 10.9. The molecule has 0 saturated carbocycles. The largest absolute Gasteiger partial charge is 0.481 e. The second-order valence-electron chi connectivity index (χ2n) is 6.10. The molecule has 118 valence electrons. The third-order valence-corrected chi connectivity index (χ3v) is 5.16. The Hall–Kier alpha value is -0.940. The van der Waals surface area contributed by atoms with Gasteiger partial charge in [0.1, 0.15) is 0 Å². The summed E-state index contributed by atoms with van der Waals surface area (Å²) < 4.78 is 0. The summed E-state index contributed by atoms with van der Waals surface area (Å²) >= 11 is 1.60. The van der Waals surface area contributed by atoms with Crippen LogP contribution in [0.15, 0.2) is 0 Å². The lowest BCUT2D eigenvalue weighted by Crippen LogP contribution is -2.35. The molecule has 1 saturated heterocycles. The SMILES string of the molecule is CCCc1nc(CCN2CCCC(C)C2)sc1CC(=O)O. The van der Waals surface area contributed by atoms with Crippen LogP contribution in [0.1, 0.15) is 48.7 Å². The van der Waals surface area contributed by atoms with E-state index in [-0.39, 0.29) is 6.42 Å². The molecule has 21 heavy (non-hydrogen) atoms. The van der Waals surface area contributed by atoms with Crippen LogP contribution in [-0.2, 0) is 24.1 Å². The van der Waals surface area contributed by atoms with Crippen molar-refractivity contribution in [3.05, 3.63) is 15.6 Å². The Morgan fingerprint density at radius 2 is 2.29 bits per heavy atom. The minimum absolute atomic E-state index is 0.119. The van der Waals surface area contributed by atoms with Crippen molar-refractivity contribution in [3.63, 3.8) is 0 Å². The first kappa shape index (κ1) is 16.4. The van der Waals surface area contributed by atoms with E-state index in [1.54, 1.807) is 11.3 Å². The number of rotatable bonds is 7. The maximum Gasteiger partial charge on any atom is 0.308 e. The van der Waals surface area contributed by atoms with Crippen molar-refractivity contribution in [2.45, 2.75) is 52.4 Å². The van der Waals surface area contributed by atoms with Crippen molar-refractivity contribution in [1.82, 2.24) is 9.88 Å². The van der Waals surface area contributed by atoms with Crippen LogP contribution in [0.25, 0.3) is 0 Å². The summed E-state index contributed by atoms with van der Waals surface area (Å²) in [4.78, 5) is 19.1. The minimum Gasteiger partial charge on any atom is -0.481 e. The number of piperidine rings is 1. The van der Waals surface area contributed by atoms with Gasteiger partial charge in [-0.15, -0.1) is 11.3 Å². The Bertz CT molecular complexity index is 473. The van der Waals surface area contributed by atoms with Gasteiger partial charge in [-0.05, 0) is 31.7 Å². The first-order valence-electron chi connectivity index (χ1n) is 8.00. The molecule has 2 heterocycles. The van der Waals surface area contributed by atoms with Crippen molar-refractivity contribution in [2.75, 3.05) is 19.6 Å². The Kier molecular flexibility index (Phi) is 6.18. The molecule has 1 aliphatic rings. The first-order chi connectivity index (χ1) is 10.1. The van der Waals surface area contributed by atoms with Gasteiger partial charge in [0.05, 0.1) is 17.1 Å². The number of carbonyl (C=O) groups is 1. The van der Waals surface area contributed by atoms with Gasteiger partial charge in [-0.2, -0.15) is 0 Å². The number of nitrogens with zero attached hydrogens (tertiary/aromatic N) is 2. The molecular formula is C16H26N2O2S. The number of aromatic nitrogens is 1. The fraction of sp³-hybridized carbons (Fsp3) is 0.750. The zero-order chi connectivity index (χ0) is 15.2. The summed E-state index contributed by atoms with van der Waals surface area (Å²) in [7, 11) is 0. The smallest absolute Gasteiger partial charge is 0.308 e. The first-order valence-corrected chi connectivity index (χ1v) is 8.81. The minimum atomic E-state index is -0.757. The van der Waals surface area contributed by atoms with Gasteiger partial charge >= 0.3 is 5.97 Å². The maximum absolute atomic E-state index is 10.9. The molecular weight excluding hydrogens is 284 g/mol. The van der Waals surface area contributed by atoms with Crippen LogP contribution < -0.4 is 0 Å². The number of hydrogen-bond donors (Lipinski definition) is 1. The monoisotopic (exact) mass is 310 g/mol. The number of aryl methyl sites for hydroxylation is 1. The van der Waals surface area contributed by atoms with Crippen molar-refractivity contribution < 1.29 is 9.90 Å². The second-order valence-corrected chi connectivity index (χ2v) is 7.26. The van der Waals surface area contributed by atoms with E-state index in [9.17, 15) is 4.79 Å². The van der Waals surface area contributed by atoms with E-state index in [2.05, 4.69) is 23.7 Å². The van der Waals surface area contributed by atoms with Gasteiger partial charge in [-0.25, -0.2) is 4.98 Å². The Balaban J connectivity index is 1.94. The van der Waals surface area contributed by atoms with Crippen molar-refractivity contribution in [2.24, 2.45) is 5.92 Å². The molecule has 4 nitrogen and oxygen atoms in total. The average Bonchev–Trinajstić information content (AvgIpc) is 2.78. The molecule has 1 N–H and O–H groups in total. The topological polar surface area (TPSA) is 53.4 Å². The Morgan fingerprint density at radius 3 is 2.95 bits per heavy atom. The number of likely N-dealkylation sites (tertiary alicyclic amines) is 1. The number of carboxylic acid groups (broad SMARTS) is 1. The molecule has 0 aliphatic carbocycles. The van der Waals surface area contributed by atoms with Crippen LogP contribution in [0.2, 0.25) is 0 Å². The molecule has 0 amide bonds. The van der Waals surface area contributed by atoms with Gasteiger partial charge in [0.2, 0.25) is 0 Å².